The Labute approximate surface area is 98.8 Å². The molecule has 1 aromatic rings. The topological polar surface area (TPSA) is 46.5 Å². The Morgan fingerprint density at radius 2 is 2.12 bits per heavy atom. The third-order valence-corrected chi connectivity index (χ3v) is 3.79. The predicted octanol–water partition coefficient (Wildman–Crippen LogP) is 2.15. The number of hydrogen-bond donors (Lipinski definition) is 1. The second kappa shape index (κ2) is 4.89. The van der Waals surface area contributed by atoms with Gasteiger partial charge < -0.3 is 9.84 Å². The van der Waals surface area contributed by atoms with E-state index in [-0.39, 0.29) is 11.2 Å². The Balaban J connectivity index is 2.02. The third-order valence-electron chi connectivity index (χ3n) is 2.53. The number of aliphatic hydroxyl groups is 1. The predicted molar refractivity (Wildman–Crippen MR) is 62.3 cm³/mol. The van der Waals surface area contributed by atoms with Crippen LogP contribution in [0.1, 0.15) is 25.0 Å². The third kappa shape index (κ3) is 2.57. The van der Waals surface area contributed by atoms with Crippen LogP contribution in [0.4, 0.5) is 0 Å². The van der Waals surface area contributed by atoms with Crippen LogP contribution in [0, 0.1) is 0 Å². The number of benzene rings is 1. The number of esters is 1. The lowest BCUT2D eigenvalue weighted by atomic mass is 10.1. The van der Waals surface area contributed by atoms with Crippen molar-refractivity contribution in [3.05, 3.63) is 29.8 Å². The highest BCUT2D eigenvalue weighted by atomic mass is 32.2. The van der Waals surface area contributed by atoms with E-state index in [9.17, 15) is 9.90 Å². The Morgan fingerprint density at radius 1 is 1.44 bits per heavy atom. The van der Waals surface area contributed by atoms with Crippen molar-refractivity contribution in [2.75, 3.05) is 6.61 Å². The monoisotopic (exact) mass is 238 g/mol. The number of aliphatic hydroxyl groups excluding tert-OH is 1. The Kier molecular flexibility index (Phi) is 3.51. The molecule has 0 spiro atoms. The average Bonchev–Trinajstić information content (AvgIpc) is 2.65. The maximum absolute atomic E-state index is 11.3. The van der Waals surface area contributed by atoms with Crippen LogP contribution in [0.2, 0.25) is 0 Å². The van der Waals surface area contributed by atoms with Crippen LogP contribution < -0.4 is 0 Å². The minimum atomic E-state index is -0.449. The molecule has 0 aliphatic carbocycles. The summed E-state index contributed by atoms with van der Waals surface area (Å²) in [5.74, 6) is -0.121. The molecule has 16 heavy (non-hydrogen) atoms. The van der Waals surface area contributed by atoms with Gasteiger partial charge in [-0.2, -0.15) is 0 Å². The molecule has 4 heteroatoms. The van der Waals surface area contributed by atoms with Crippen LogP contribution in [0.15, 0.2) is 29.2 Å². The van der Waals surface area contributed by atoms with Gasteiger partial charge in [0.05, 0.1) is 12.7 Å². The molecule has 0 radical (unpaired) electrons. The van der Waals surface area contributed by atoms with E-state index in [1.807, 2.05) is 24.3 Å². The first kappa shape index (κ1) is 11.5. The fourth-order valence-corrected chi connectivity index (χ4v) is 2.57. The maximum atomic E-state index is 11.3. The second-order valence-corrected chi connectivity index (χ2v) is 5.08. The van der Waals surface area contributed by atoms with Gasteiger partial charge in [0.1, 0.15) is 5.25 Å². The van der Waals surface area contributed by atoms with Crippen LogP contribution in [0.25, 0.3) is 0 Å². The SMILES string of the molecule is C[C@H](O)c1ccc(S[C@@H]2CCOC2=O)cc1. The summed E-state index contributed by atoms with van der Waals surface area (Å²) in [6.07, 6.45) is 0.331. The fraction of sp³-hybridized carbons (Fsp3) is 0.417. The number of carbonyl (C=O) groups is 1. The van der Waals surface area contributed by atoms with Gasteiger partial charge in [-0.3, -0.25) is 4.79 Å². The quantitative estimate of drug-likeness (QED) is 0.820. The summed E-state index contributed by atoms with van der Waals surface area (Å²) in [4.78, 5) is 12.3. The molecule has 1 aromatic carbocycles. The zero-order chi connectivity index (χ0) is 11.5. The standard InChI is InChI=1S/C12H14O3S/c1-8(13)9-2-4-10(5-3-9)16-11-6-7-15-12(11)14/h2-5,8,11,13H,6-7H2,1H3/t8-,11+/m0/s1. The molecule has 1 fully saturated rings. The molecule has 1 aliphatic rings. The maximum Gasteiger partial charge on any atom is 0.319 e. The first-order valence-electron chi connectivity index (χ1n) is 5.28. The van der Waals surface area contributed by atoms with E-state index in [4.69, 9.17) is 4.74 Å². The fourth-order valence-electron chi connectivity index (χ4n) is 1.57. The van der Waals surface area contributed by atoms with E-state index in [1.54, 1.807) is 6.92 Å². The highest BCUT2D eigenvalue weighted by molar-refractivity contribution is 8.00. The molecule has 86 valence electrons. The molecule has 0 amide bonds. The number of carbonyl (C=O) groups excluding carboxylic acids is 1. The average molecular weight is 238 g/mol. The molecule has 0 bridgehead atoms. The van der Waals surface area contributed by atoms with Crippen molar-refractivity contribution in [2.24, 2.45) is 0 Å². The molecule has 1 aliphatic heterocycles. The minimum Gasteiger partial charge on any atom is -0.465 e. The van der Waals surface area contributed by atoms with Crippen molar-refractivity contribution in [1.82, 2.24) is 0 Å². The summed E-state index contributed by atoms with van der Waals surface area (Å²) >= 11 is 1.52. The summed E-state index contributed by atoms with van der Waals surface area (Å²) in [5.41, 5.74) is 0.887. The number of ether oxygens (including phenoxy) is 1. The molecule has 0 unspecified atom stereocenters. The van der Waals surface area contributed by atoms with E-state index >= 15 is 0 Å². The second-order valence-electron chi connectivity index (χ2n) is 3.81. The van der Waals surface area contributed by atoms with Gasteiger partial charge in [0.25, 0.3) is 0 Å². The molecule has 1 saturated heterocycles. The van der Waals surface area contributed by atoms with E-state index in [2.05, 4.69) is 0 Å². The van der Waals surface area contributed by atoms with Gasteiger partial charge in [0.15, 0.2) is 0 Å². The summed E-state index contributed by atoms with van der Waals surface area (Å²) < 4.78 is 4.90. The van der Waals surface area contributed by atoms with E-state index in [1.165, 1.54) is 11.8 Å². The van der Waals surface area contributed by atoms with Crippen molar-refractivity contribution in [1.29, 1.82) is 0 Å². The number of rotatable bonds is 3. The van der Waals surface area contributed by atoms with E-state index < -0.39 is 6.10 Å². The molecule has 3 nitrogen and oxygen atoms in total. The highest BCUT2D eigenvalue weighted by Gasteiger charge is 2.27. The van der Waals surface area contributed by atoms with Crippen LogP contribution in [-0.2, 0) is 9.53 Å². The van der Waals surface area contributed by atoms with Gasteiger partial charge >= 0.3 is 5.97 Å². The Morgan fingerprint density at radius 3 is 2.62 bits per heavy atom. The van der Waals surface area contributed by atoms with Crippen LogP contribution in [0.5, 0.6) is 0 Å². The smallest absolute Gasteiger partial charge is 0.319 e. The van der Waals surface area contributed by atoms with Gasteiger partial charge in [-0.15, -0.1) is 11.8 Å². The highest BCUT2D eigenvalue weighted by Crippen LogP contribution is 2.30. The van der Waals surface area contributed by atoms with Gasteiger partial charge in [0.2, 0.25) is 0 Å². The largest absolute Gasteiger partial charge is 0.465 e. The summed E-state index contributed by atoms with van der Waals surface area (Å²) in [5, 5.41) is 9.29. The van der Waals surface area contributed by atoms with Crippen molar-refractivity contribution in [3.8, 4) is 0 Å². The zero-order valence-corrected chi connectivity index (χ0v) is 9.87. The van der Waals surface area contributed by atoms with Crippen LogP contribution in [-0.4, -0.2) is 22.9 Å². The number of cyclic esters (lactones) is 1. The number of thioether (sulfide) groups is 1. The van der Waals surface area contributed by atoms with E-state index in [0.717, 1.165) is 16.9 Å². The lowest BCUT2D eigenvalue weighted by molar-refractivity contribution is -0.137. The molecule has 2 rings (SSSR count). The molecular formula is C12H14O3S. The van der Waals surface area contributed by atoms with Crippen molar-refractivity contribution in [2.45, 2.75) is 29.6 Å². The minimum absolute atomic E-state index is 0.0719. The van der Waals surface area contributed by atoms with Gasteiger partial charge in [0, 0.05) is 11.3 Å². The van der Waals surface area contributed by atoms with Gasteiger partial charge in [-0.05, 0) is 24.6 Å². The molecule has 0 aromatic heterocycles. The zero-order valence-electron chi connectivity index (χ0n) is 9.05. The van der Waals surface area contributed by atoms with Gasteiger partial charge in [-0.1, -0.05) is 12.1 Å². The Bertz CT molecular complexity index is 372. The lowest BCUT2D eigenvalue weighted by Gasteiger charge is -2.08. The number of hydrogen-bond acceptors (Lipinski definition) is 4. The normalized spacial score (nSPS) is 21.9. The summed E-state index contributed by atoms with van der Waals surface area (Å²) in [6, 6.07) is 7.62. The van der Waals surface area contributed by atoms with Crippen LogP contribution >= 0.6 is 11.8 Å². The van der Waals surface area contributed by atoms with Crippen molar-refractivity contribution in [3.63, 3.8) is 0 Å². The van der Waals surface area contributed by atoms with E-state index in [0.29, 0.717) is 6.61 Å². The van der Waals surface area contributed by atoms with Crippen LogP contribution in [0.3, 0.4) is 0 Å². The summed E-state index contributed by atoms with van der Waals surface area (Å²) in [7, 11) is 0. The molecular weight excluding hydrogens is 224 g/mol. The molecule has 1 N–H and O–H groups in total. The van der Waals surface area contributed by atoms with Crippen molar-refractivity contribution >= 4 is 17.7 Å². The Hall–Kier alpha value is -1.00. The van der Waals surface area contributed by atoms with Gasteiger partial charge in [-0.25, -0.2) is 0 Å². The van der Waals surface area contributed by atoms with Crippen molar-refractivity contribution < 1.29 is 14.6 Å². The first-order valence-corrected chi connectivity index (χ1v) is 6.16. The first-order chi connectivity index (χ1) is 7.66. The molecule has 1 heterocycles. The molecule has 0 saturated carbocycles. The molecule has 2 atom stereocenters. The summed E-state index contributed by atoms with van der Waals surface area (Å²) in [6.45, 7) is 2.26. The lowest BCUT2D eigenvalue weighted by Crippen LogP contribution is -2.09.